The summed E-state index contributed by atoms with van der Waals surface area (Å²) in [6.07, 6.45) is 0.959. The van der Waals surface area contributed by atoms with Crippen molar-refractivity contribution in [2.24, 2.45) is 5.73 Å². The third kappa shape index (κ3) is 3.51. The highest BCUT2D eigenvalue weighted by Crippen LogP contribution is 2.29. The number of hydrogen-bond acceptors (Lipinski definition) is 4. The maximum absolute atomic E-state index is 6.45. The molecule has 1 aromatic rings. The molecule has 2 N–H and O–H groups in total. The summed E-state index contributed by atoms with van der Waals surface area (Å²) in [6, 6.07) is 6.75. The highest BCUT2D eigenvalue weighted by molar-refractivity contribution is 5.39. The van der Waals surface area contributed by atoms with Gasteiger partial charge in [0.25, 0.3) is 0 Å². The van der Waals surface area contributed by atoms with Crippen LogP contribution in [-0.2, 0) is 0 Å². The molecule has 20 heavy (non-hydrogen) atoms. The third-order valence-corrected chi connectivity index (χ3v) is 4.29. The molecule has 1 aliphatic heterocycles. The molecule has 0 amide bonds. The Morgan fingerprint density at radius 1 is 1.35 bits per heavy atom. The first-order chi connectivity index (χ1) is 9.51. The summed E-state index contributed by atoms with van der Waals surface area (Å²) >= 11 is 0. The second kappa shape index (κ2) is 6.57. The van der Waals surface area contributed by atoms with Gasteiger partial charge in [-0.2, -0.15) is 0 Å². The number of piperazine rings is 1. The number of aryl methyl sites for hydroxylation is 1. The van der Waals surface area contributed by atoms with Gasteiger partial charge in [0.1, 0.15) is 5.75 Å². The zero-order valence-corrected chi connectivity index (χ0v) is 13.1. The first-order valence-corrected chi connectivity index (χ1v) is 7.30. The molecule has 0 bridgehead atoms. The van der Waals surface area contributed by atoms with Crippen molar-refractivity contribution in [3.8, 4) is 5.75 Å². The van der Waals surface area contributed by atoms with E-state index < -0.39 is 0 Å². The molecule has 1 heterocycles. The van der Waals surface area contributed by atoms with E-state index in [1.807, 2.05) is 6.07 Å². The van der Waals surface area contributed by atoms with Crippen molar-refractivity contribution in [2.45, 2.75) is 25.4 Å². The number of likely N-dealkylation sites (N-methyl/N-ethyl adjacent to an activating group) is 2. The minimum atomic E-state index is 0.0174. The van der Waals surface area contributed by atoms with E-state index in [0.717, 1.165) is 37.4 Å². The number of hydrogen-bond donors (Lipinski definition) is 1. The monoisotopic (exact) mass is 277 g/mol. The number of nitrogens with zero attached hydrogens (tertiary/aromatic N) is 2. The number of nitrogens with two attached hydrogens (primary N) is 1. The van der Waals surface area contributed by atoms with Crippen LogP contribution >= 0.6 is 0 Å². The van der Waals surface area contributed by atoms with Crippen LogP contribution in [0.1, 0.15) is 23.6 Å². The molecule has 1 aliphatic rings. The highest BCUT2D eigenvalue weighted by atomic mass is 16.5. The van der Waals surface area contributed by atoms with E-state index in [2.05, 4.69) is 43.0 Å². The lowest BCUT2D eigenvalue weighted by molar-refractivity contribution is 0.104. The van der Waals surface area contributed by atoms with Gasteiger partial charge in [0.05, 0.1) is 7.11 Å². The zero-order chi connectivity index (χ0) is 14.7. The molecule has 2 unspecified atom stereocenters. The van der Waals surface area contributed by atoms with Gasteiger partial charge in [0, 0.05) is 37.3 Å². The zero-order valence-electron chi connectivity index (χ0n) is 13.1. The van der Waals surface area contributed by atoms with Gasteiger partial charge in [-0.05, 0) is 33.5 Å². The van der Waals surface area contributed by atoms with Crippen LogP contribution in [0.15, 0.2) is 18.2 Å². The summed E-state index contributed by atoms with van der Waals surface area (Å²) in [7, 11) is 6.08. The molecule has 0 saturated carbocycles. The summed E-state index contributed by atoms with van der Waals surface area (Å²) in [6.45, 7) is 5.42. The molecule has 1 saturated heterocycles. The predicted octanol–water partition coefficient (Wildman–Crippen LogP) is 1.64. The van der Waals surface area contributed by atoms with Gasteiger partial charge in [0.2, 0.25) is 0 Å². The van der Waals surface area contributed by atoms with E-state index in [1.54, 1.807) is 7.11 Å². The fraction of sp³-hybridized carbons (Fsp3) is 0.625. The molecule has 0 spiro atoms. The maximum atomic E-state index is 6.45. The van der Waals surface area contributed by atoms with Gasteiger partial charge in [-0.1, -0.05) is 17.7 Å². The first-order valence-electron chi connectivity index (χ1n) is 7.30. The molecule has 0 radical (unpaired) electrons. The van der Waals surface area contributed by atoms with Crippen LogP contribution in [0.2, 0.25) is 0 Å². The van der Waals surface area contributed by atoms with E-state index >= 15 is 0 Å². The highest BCUT2D eigenvalue weighted by Gasteiger charge is 2.25. The molecule has 112 valence electrons. The van der Waals surface area contributed by atoms with Crippen LogP contribution in [0.25, 0.3) is 0 Å². The van der Waals surface area contributed by atoms with Crippen LogP contribution in [-0.4, -0.2) is 56.7 Å². The van der Waals surface area contributed by atoms with Crippen LogP contribution in [0, 0.1) is 6.92 Å². The molecule has 1 fully saturated rings. The van der Waals surface area contributed by atoms with Gasteiger partial charge in [-0.3, -0.25) is 0 Å². The quantitative estimate of drug-likeness (QED) is 0.908. The Balaban J connectivity index is 2.11. The normalized spacial score (nSPS) is 22.8. The SMILES string of the molecule is COc1ccc(C)cc1C(N)CC1CN(C)CCN1C. The van der Waals surface area contributed by atoms with E-state index in [1.165, 1.54) is 5.56 Å². The fourth-order valence-electron chi connectivity index (χ4n) is 2.92. The van der Waals surface area contributed by atoms with Gasteiger partial charge in [-0.25, -0.2) is 0 Å². The summed E-state index contributed by atoms with van der Waals surface area (Å²) in [4.78, 5) is 4.80. The summed E-state index contributed by atoms with van der Waals surface area (Å²) < 4.78 is 5.45. The van der Waals surface area contributed by atoms with Crippen LogP contribution in [0.4, 0.5) is 0 Å². The molecular weight excluding hydrogens is 250 g/mol. The third-order valence-electron chi connectivity index (χ3n) is 4.29. The molecule has 4 nitrogen and oxygen atoms in total. The Kier molecular flexibility index (Phi) is 5.02. The standard InChI is InChI=1S/C16H27N3O/c1-12-5-6-16(20-4)14(9-12)15(17)10-13-11-18(2)7-8-19(13)3/h5-6,9,13,15H,7-8,10-11,17H2,1-4H3. The minimum Gasteiger partial charge on any atom is -0.496 e. The average molecular weight is 277 g/mol. The first kappa shape index (κ1) is 15.3. The molecule has 0 aliphatic carbocycles. The molecule has 1 aromatic carbocycles. The number of methoxy groups -OCH3 is 1. The fourth-order valence-corrected chi connectivity index (χ4v) is 2.92. The summed E-state index contributed by atoms with van der Waals surface area (Å²) in [5.74, 6) is 0.898. The van der Waals surface area contributed by atoms with E-state index in [9.17, 15) is 0 Å². The average Bonchev–Trinajstić information content (AvgIpc) is 2.42. The van der Waals surface area contributed by atoms with E-state index in [4.69, 9.17) is 10.5 Å². The minimum absolute atomic E-state index is 0.0174. The van der Waals surface area contributed by atoms with Crippen molar-refractivity contribution in [3.63, 3.8) is 0 Å². The Morgan fingerprint density at radius 3 is 2.80 bits per heavy atom. The van der Waals surface area contributed by atoms with Crippen LogP contribution < -0.4 is 10.5 Å². The lowest BCUT2D eigenvalue weighted by Gasteiger charge is -2.39. The van der Waals surface area contributed by atoms with Crippen molar-refractivity contribution < 1.29 is 4.74 Å². The largest absolute Gasteiger partial charge is 0.496 e. The lowest BCUT2D eigenvalue weighted by Crippen LogP contribution is -2.50. The Bertz CT molecular complexity index is 449. The second-order valence-corrected chi connectivity index (χ2v) is 5.98. The van der Waals surface area contributed by atoms with Gasteiger partial charge < -0.3 is 20.3 Å². The molecule has 2 rings (SSSR count). The van der Waals surface area contributed by atoms with E-state index in [-0.39, 0.29) is 6.04 Å². The summed E-state index contributed by atoms with van der Waals surface area (Å²) in [5.41, 5.74) is 8.80. The van der Waals surface area contributed by atoms with Crippen molar-refractivity contribution in [1.82, 2.24) is 9.80 Å². The molecule has 2 atom stereocenters. The molecule has 0 aromatic heterocycles. The lowest BCUT2D eigenvalue weighted by atomic mass is 9.96. The Hall–Kier alpha value is -1.10. The van der Waals surface area contributed by atoms with Crippen molar-refractivity contribution in [2.75, 3.05) is 40.8 Å². The second-order valence-electron chi connectivity index (χ2n) is 5.98. The van der Waals surface area contributed by atoms with Gasteiger partial charge in [0.15, 0.2) is 0 Å². The van der Waals surface area contributed by atoms with Gasteiger partial charge in [-0.15, -0.1) is 0 Å². The molecular formula is C16H27N3O. The van der Waals surface area contributed by atoms with E-state index in [0.29, 0.717) is 6.04 Å². The maximum Gasteiger partial charge on any atom is 0.123 e. The van der Waals surface area contributed by atoms with Crippen LogP contribution in [0.3, 0.4) is 0 Å². The number of rotatable bonds is 4. The predicted molar refractivity (Wildman–Crippen MR) is 83.2 cm³/mol. The Morgan fingerprint density at radius 2 is 2.10 bits per heavy atom. The van der Waals surface area contributed by atoms with Crippen molar-refractivity contribution in [1.29, 1.82) is 0 Å². The van der Waals surface area contributed by atoms with Gasteiger partial charge >= 0.3 is 0 Å². The topological polar surface area (TPSA) is 41.7 Å². The van der Waals surface area contributed by atoms with Crippen molar-refractivity contribution in [3.05, 3.63) is 29.3 Å². The number of ether oxygens (including phenoxy) is 1. The number of benzene rings is 1. The van der Waals surface area contributed by atoms with Crippen LogP contribution in [0.5, 0.6) is 5.75 Å². The Labute approximate surface area is 122 Å². The van der Waals surface area contributed by atoms with Crippen molar-refractivity contribution >= 4 is 0 Å². The summed E-state index contributed by atoms with van der Waals surface area (Å²) in [5, 5.41) is 0. The molecule has 4 heteroatoms. The smallest absolute Gasteiger partial charge is 0.123 e.